The molecule has 56 valence electrons. The van der Waals surface area contributed by atoms with E-state index in [1.807, 2.05) is 0 Å². The van der Waals surface area contributed by atoms with Gasteiger partial charge in [0.05, 0.1) is 0 Å². The molecule has 0 aromatic rings. The van der Waals surface area contributed by atoms with Crippen molar-refractivity contribution in [1.82, 2.24) is 0 Å². The highest BCUT2D eigenvalue weighted by Gasteiger charge is 2.03. The molecule has 0 aliphatic rings. The van der Waals surface area contributed by atoms with Gasteiger partial charge in [0.25, 0.3) is 0 Å². The van der Waals surface area contributed by atoms with Crippen LogP contribution in [0.5, 0.6) is 0 Å². The number of hydrogen-bond acceptors (Lipinski definition) is 0. The molecule has 0 aliphatic carbocycles. The van der Waals surface area contributed by atoms with Crippen LogP contribution in [0.4, 0.5) is 0 Å². The Balaban J connectivity index is 3.18. The van der Waals surface area contributed by atoms with Crippen LogP contribution in [0.3, 0.4) is 0 Å². The van der Waals surface area contributed by atoms with Gasteiger partial charge in [0.2, 0.25) is 0 Å². The third-order valence-corrected chi connectivity index (χ3v) is 2.09. The van der Waals surface area contributed by atoms with Crippen LogP contribution in [0, 0.1) is 5.92 Å². The van der Waals surface area contributed by atoms with Crippen molar-refractivity contribution in [2.24, 2.45) is 5.92 Å². The Hall–Kier alpha value is 0.580. The summed E-state index contributed by atoms with van der Waals surface area (Å²) < 4.78 is 0. The van der Waals surface area contributed by atoms with Crippen molar-refractivity contribution in [1.29, 1.82) is 0 Å². The van der Waals surface area contributed by atoms with Crippen LogP contribution in [0.15, 0.2) is 0 Å². The van der Waals surface area contributed by atoms with E-state index in [0.29, 0.717) is 5.92 Å². The molecule has 1 atom stereocenters. The zero-order valence-corrected chi connectivity index (χ0v) is 7.38. The van der Waals surface area contributed by atoms with Gasteiger partial charge in [-0.3, -0.25) is 0 Å². The predicted octanol–water partition coefficient (Wildman–Crippen LogP) is 3.27. The van der Waals surface area contributed by atoms with Crippen LogP contribution in [-0.4, -0.2) is 11.8 Å². The Kier molecular flexibility index (Phi) is 7.13. The van der Waals surface area contributed by atoms with Crippen molar-refractivity contribution in [2.45, 2.75) is 26.2 Å². The van der Waals surface area contributed by atoms with E-state index in [1.165, 1.54) is 12.8 Å². The van der Waals surface area contributed by atoms with E-state index in [1.54, 1.807) is 0 Å². The van der Waals surface area contributed by atoms with Crippen molar-refractivity contribution in [3.63, 3.8) is 0 Å². The zero-order valence-electron chi connectivity index (χ0n) is 5.87. The Labute approximate surface area is 67.5 Å². The molecule has 0 spiro atoms. The van der Waals surface area contributed by atoms with Gasteiger partial charge in [-0.15, -0.1) is 23.2 Å². The van der Waals surface area contributed by atoms with Crippen molar-refractivity contribution >= 4 is 23.2 Å². The molecule has 0 amide bonds. The highest BCUT2D eigenvalue weighted by molar-refractivity contribution is 6.18. The molecule has 2 heteroatoms. The van der Waals surface area contributed by atoms with E-state index < -0.39 is 0 Å². The van der Waals surface area contributed by atoms with Gasteiger partial charge in [0, 0.05) is 11.8 Å². The van der Waals surface area contributed by atoms with Crippen LogP contribution in [0.25, 0.3) is 0 Å². The Morgan fingerprint density at radius 3 is 2.22 bits per heavy atom. The highest BCUT2D eigenvalue weighted by atomic mass is 35.5. The second kappa shape index (κ2) is 6.70. The molecular weight excluding hydrogens is 155 g/mol. The maximum absolute atomic E-state index is 5.67. The number of rotatable bonds is 5. The second-order valence-electron chi connectivity index (χ2n) is 2.29. The SMILES string of the molecule is CCC[C@@H](CCl)CCCl. The molecular formula is C7H14Cl2. The molecule has 0 nitrogen and oxygen atoms in total. The van der Waals surface area contributed by atoms with E-state index >= 15 is 0 Å². The molecule has 0 aromatic carbocycles. The fraction of sp³-hybridized carbons (Fsp3) is 1.00. The predicted molar refractivity (Wildman–Crippen MR) is 44.5 cm³/mol. The summed E-state index contributed by atoms with van der Waals surface area (Å²) in [6, 6.07) is 0. The normalized spacial score (nSPS) is 13.7. The summed E-state index contributed by atoms with van der Waals surface area (Å²) >= 11 is 11.2. The molecule has 0 bridgehead atoms. The van der Waals surface area contributed by atoms with Gasteiger partial charge in [-0.25, -0.2) is 0 Å². The van der Waals surface area contributed by atoms with Crippen molar-refractivity contribution < 1.29 is 0 Å². The fourth-order valence-electron chi connectivity index (χ4n) is 0.861. The third kappa shape index (κ3) is 5.05. The summed E-state index contributed by atoms with van der Waals surface area (Å²) in [6.07, 6.45) is 3.50. The first-order valence-electron chi connectivity index (χ1n) is 3.47. The molecule has 0 heterocycles. The van der Waals surface area contributed by atoms with Gasteiger partial charge in [-0.1, -0.05) is 13.3 Å². The average Bonchev–Trinajstić information content (AvgIpc) is 1.88. The summed E-state index contributed by atoms with van der Waals surface area (Å²) in [5.74, 6) is 2.16. The monoisotopic (exact) mass is 168 g/mol. The first kappa shape index (κ1) is 9.58. The van der Waals surface area contributed by atoms with Gasteiger partial charge < -0.3 is 0 Å². The van der Waals surface area contributed by atoms with E-state index in [2.05, 4.69) is 6.92 Å². The summed E-state index contributed by atoms with van der Waals surface area (Å²) in [5.41, 5.74) is 0. The molecule has 0 rings (SSSR count). The lowest BCUT2D eigenvalue weighted by Gasteiger charge is -2.08. The minimum absolute atomic E-state index is 0.647. The van der Waals surface area contributed by atoms with Crippen LogP contribution in [0.2, 0.25) is 0 Å². The maximum Gasteiger partial charge on any atom is 0.0252 e. The van der Waals surface area contributed by atoms with Crippen molar-refractivity contribution in [2.75, 3.05) is 11.8 Å². The van der Waals surface area contributed by atoms with E-state index in [9.17, 15) is 0 Å². The summed E-state index contributed by atoms with van der Waals surface area (Å²) in [5, 5.41) is 0. The number of halogens is 2. The Morgan fingerprint density at radius 2 is 1.89 bits per heavy atom. The van der Waals surface area contributed by atoms with Crippen LogP contribution < -0.4 is 0 Å². The topological polar surface area (TPSA) is 0 Å². The first-order chi connectivity index (χ1) is 4.35. The lowest BCUT2D eigenvalue weighted by atomic mass is 10.0. The standard InChI is InChI=1S/C7H14Cl2/c1-2-3-7(6-9)4-5-8/h7H,2-6H2,1H3/t7-/m1/s1. The average molecular weight is 169 g/mol. The number of hydrogen-bond donors (Lipinski definition) is 0. The molecule has 0 aliphatic heterocycles. The second-order valence-corrected chi connectivity index (χ2v) is 2.97. The smallest absolute Gasteiger partial charge is 0.0252 e. The largest absolute Gasteiger partial charge is 0.127 e. The van der Waals surface area contributed by atoms with Gasteiger partial charge in [0.1, 0.15) is 0 Å². The van der Waals surface area contributed by atoms with E-state index in [0.717, 1.165) is 18.2 Å². The first-order valence-corrected chi connectivity index (χ1v) is 4.54. The van der Waals surface area contributed by atoms with Gasteiger partial charge >= 0.3 is 0 Å². The highest BCUT2D eigenvalue weighted by Crippen LogP contribution is 2.13. The molecule has 9 heavy (non-hydrogen) atoms. The minimum Gasteiger partial charge on any atom is -0.127 e. The molecule has 0 unspecified atom stereocenters. The Morgan fingerprint density at radius 1 is 1.22 bits per heavy atom. The summed E-state index contributed by atoms with van der Waals surface area (Å²) in [6.45, 7) is 2.17. The van der Waals surface area contributed by atoms with Crippen molar-refractivity contribution in [3.8, 4) is 0 Å². The number of alkyl halides is 2. The quantitative estimate of drug-likeness (QED) is 0.554. The summed E-state index contributed by atoms with van der Waals surface area (Å²) in [7, 11) is 0. The third-order valence-electron chi connectivity index (χ3n) is 1.43. The van der Waals surface area contributed by atoms with Crippen LogP contribution >= 0.6 is 23.2 Å². The molecule has 0 radical (unpaired) electrons. The van der Waals surface area contributed by atoms with Crippen LogP contribution in [0.1, 0.15) is 26.2 Å². The van der Waals surface area contributed by atoms with Gasteiger partial charge in [-0.05, 0) is 18.8 Å². The fourth-order valence-corrected chi connectivity index (χ4v) is 1.48. The lowest BCUT2D eigenvalue weighted by molar-refractivity contribution is 0.517. The van der Waals surface area contributed by atoms with Crippen molar-refractivity contribution in [3.05, 3.63) is 0 Å². The maximum atomic E-state index is 5.67. The lowest BCUT2D eigenvalue weighted by Crippen LogP contribution is -2.01. The summed E-state index contributed by atoms with van der Waals surface area (Å²) in [4.78, 5) is 0. The van der Waals surface area contributed by atoms with E-state index in [4.69, 9.17) is 23.2 Å². The minimum atomic E-state index is 0.647. The molecule has 0 fully saturated rings. The molecule has 0 saturated carbocycles. The van der Waals surface area contributed by atoms with Crippen LogP contribution in [-0.2, 0) is 0 Å². The molecule has 0 saturated heterocycles. The van der Waals surface area contributed by atoms with Gasteiger partial charge in [0.15, 0.2) is 0 Å². The zero-order chi connectivity index (χ0) is 7.11. The Bertz CT molecular complexity index is 48.9. The van der Waals surface area contributed by atoms with E-state index in [-0.39, 0.29) is 0 Å². The van der Waals surface area contributed by atoms with Gasteiger partial charge in [-0.2, -0.15) is 0 Å². The molecule has 0 N–H and O–H groups in total. The molecule has 0 aromatic heterocycles.